The van der Waals surface area contributed by atoms with E-state index in [2.05, 4.69) is 20.2 Å². The number of halogens is 1. The Hall–Kier alpha value is -0.930. The number of ether oxygens (including phenoxy) is 1. The molecule has 1 fully saturated rings. The van der Waals surface area contributed by atoms with Crippen LogP contribution >= 0.6 is 34.7 Å². The van der Waals surface area contributed by atoms with Crippen LogP contribution in [0.2, 0.25) is 4.34 Å². The lowest BCUT2D eigenvalue weighted by atomic mass is 10.3. The van der Waals surface area contributed by atoms with E-state index in [1.54, 1.807) is 0 Å². The van der Waals surface area contributed by atoms with E-state index in [9.17, 15) is 4.79 Å². The molecule has 0 bridgehead atoms. The van der Waals surface area contributed by atoms with Crippen molar-refractivity contribution in [3.8, 4) is 0 Å². The van der Waals surface area contributed by atoms with Crippen LogP contribution in [0, 0.1) is 6.92 Å². The first kappa shape index (κ1) is 17.9. The average Bonchev–Trinajstić information content (AvgIpc) is 2.89. The second-order valence-electron chi connectivity index (χ2n) is 5.45. The minimum atomic E-state index is 0.0133. The van der Waals surface area contributed by atoms with Crippen molar-refractivity contribution in [3.05, 3.63) is 16.2 Å². The summed E-state index contributed by atoms with van der Waals surface area (Å²) in [4.78, 5) is 22.9. The van der Waals surface area contributed by atoms with Gasteiger partial charge in [-0.15, -0.1) is 11.3 Å². The van der Waals surface area contributed by atoms with Gasteiger partial charge in [-0.2, -0.15) is 0 Å². The number of hydrogen-bond donors (Lipinski definition) is 1. The molecule has 3 rings (SSSR count). The summed E-state index contributed by atoms with van der Waals surface area (Å²) >= 11 is 9.06. The molecule has 9 heteroatoms. The fraction of sp³-hybridized carbons (Fsp3) is 0.533. The van der Waals surface area contributed by atoms with Crippen molar-refractivity contribution in [1.29, 1.82) is 0 Å². The van der Waals surface area contributed by atoms with Gasteiger partial charge in [-0.25, -0.2) is 9.97 Å². The molecule has 0 radical (unpaired) electrons. The van der Waals surface area contributed by atoms with Crippen LogP contribution in [-0.2, 0) is 9.53 Å². The van der Waals surface area contributed by atoms with Gasteiger partial charge in [0.1, 0.15) is 11.4 Å². The van der Waals surface area contributed by atoms with Gasteiger partial charge < -0.3 is 10.1 Å². The number of aromatic nitrogens is 2. The van der Waals surface area contributed by atoms with E-state index < -0.39 is 0 Å². The zero-order valence-corrected chi connectivity index (χ0v) is 15.8. The third-order valence-corrected chi connectivity index (χ3v) is 6.52. The van der Waals surface area contributed by atoms with Crippen molar-refractivity contribution in [3.63, 3.8) is 0 Å². The van der Waals surface area contributed by atoms with Gasteiger partial charge in [-0.3, -0.25) is 9.69 Å². The molecule has 0 aliphatic carbocycles. The van der Waals surface area contributed by atoms with Crippen LogP contribution in [0.5, 0.6) is 0 Å². The smallest absolute Gasteiger partial charge is 0.230 e. The van der Waals surface area contributed by atoms with E-state index in [1.165, 1.54) is 29.4 Å². The number of thioether (sulfide) groups is 1. The highest BCUT2D eigenvalue weighted by Crippen LogP contribution is 2.37. The van der Waals surface area contributed by atoms with Crippen LogP contribution in [0.25, 0.3) is 10.2 Å². The summed E-state index contributed by atoms with van der Waals surface area (Å²) < 4.78 is 6.98. The van der Waals surface area contributed by atoms with Crippen molar-refractivity contribution in [2.45, 2.75) is 11.9 Å². The summed E-state index contributed by atoms with van der Waals surface area (Å²) in [6.45, 7) is 6.87. The number of amides is 1. The zero-order chi connectivity index (χ0) is 16.9. The molecule has 1 aliphatic heterocycles. The van der Waals surface area contributed by atoms with E-state index in [4.69, 9.17) is 16.3 Å². The van der Waals surface area contributed by atoms with Crippen molar-refractivity contribution in [2.24, 2.45) is 0 Å². The lowest BCUT2D eigenvalue weighted by Crippen LogP contribution is -2.41. The van der Waals surface area contributed by atoms with E-state index in [-0.39, 0.29) is 5.91 Å². The SMILES string of the molecule is Cc1c(Cl)sc2c(SCC(=O)NCCN3CCOCC3)ncnc12. The molecule has 2 aromatic heterocycles. The zero-order valence-electron chi connectivity index (χ0n) is 13.4. The Morgan fingerprint density at radius 2 is 2.25 bits per heavy atom. The fourth-order valence-corrected chi connectivity index (χ4v) is 4.66. The lowest BCUT2D eigenvalue weighted by Gasteiger charge is -2.26. The average molecular weight is 387 g/mol. The molecule has 2 aromatic rings. The van der Waals surface area contributed by atoms with Crippen LogP contribution in [0.1, 0.15) is 5.56 Å². The summed E-state index contributed by atoms with van der Waals surface area (Å²) in [5.74, 6) is 0.350. The van der Waals surface area contributed by atoms with E-state index in [0.717, 1.165) is 58.0 Å². The normalized spacial score (nSPS) is 15.8. The largest absolute Gasteiger partial charge is 0.379 e. The molecule has 0 unspecified atom stereocenters. The Kier molecular flexibility index (Phi) is 6.29. The maximum atomic E-state index is 12.0. The van der Waals surface area contributed by atoms with Crippen LogP contribution in [0.3, 0.4) is 0 Å². The van der Waals surface area contributed by atoms with E-state index in [1.807, 2.05) is 6.92 Å². The van der Waals surface area contributed by atoms with Crippen molar-refractivity contribution >= 4 is 50.8 Å². The molecule has 1 aliphatic rings. The number of morpholine rings is 1. The van der Waals surface area contributed by atoms with Crippen molar-refractivity contribution in [1.82, 2.24) is 20.2 Å². The maximum absolute atomic E-state index is 12.0. The maximum Gasteiger partial charge on any atom is 0.230 e. The van der Waals surface area contributed by atoms with Gasteiger partial charge in [0.2, 0.25) is 5.91 Å². The van der Waals surface area contributed by atoms with Gasteiger partial charge in [0, 0.05) is 31.7 Å². The predicted molar refractivity (Wildman–Crippen MR) is 98.2 cm³/mol. The number of rotatable bonds is 6. The Labute approximate surface area is 153 Å². The molecule has 6 nitrogen and oxygen atoms in total. The second kappa shape index (κ2) is 8.44. The summed E-state index contributed by atoms with van der Waals surface area (Å²) in [5, 5.41) is 3.77. The first-order valence-electron chi connectivity index (χ1n) is 7.74. The number of thiophene rings is 1. The minimum absolute atomic E-state index is 0.0133. The third-order valence-electron chi connectivity index (χ3n) is 3.81. The van der Waals surface area contributed by atoms with Crippen molar-refractivity contribution < 1.29 is 9.53 Å². The number of hydrogen-bond acceptors (Lipinski definition) is 7. The van der Waals surface area contributed by atoms with Crippen LogP contribution in [0.4, 0.5) is 0 Å². The summed E-state index contributed by atoms with van der Waals surface area (Å²) in [6, 6.07) is 0. The highest BCUT2D eigenvalue weighted by molar-refractivity contribution is 8.00. The van der Waals surface area contributed by atoms with Gasteiger partial charge in [-0.05, 0) is 6.92 Å². The topological polar surface area (TPSA) is 67.4 Å². The number of carbonyl (C=O) groups is 1. The number of nitrogens with zero attached hydrogens (tertiary/aromatic N) is 3. The fourth-order valence-electron chi connectivity index (χ4n) is 2.44. The molecule has 0 atom stereocenters. The number of carbonyl (C=O) groups excluding carboxylic acids is 1. The van der Waals surface area contributed by atoms with Gasteiger partial charge >= 0.3 is 0 Å². The minimum Gasteiger partial charge on any atom is -0.379 e. The van der Waals surface area contributed by atoms with Crippen LogP contribution in [-0.4, -0.2) is 65.9 Å². The van der Waals surface area contributed by atoms with E-state index >= 15 is 0 Å². The van der Waals surface area contributed by atoms with E-state index in [0.29, 0.717) is 12.3 Å². The molecule has 0 spiro atoms. The first-order valence-corrected chi connectivity index (χ1v) is 9.92. The Bertz CT molecular complexity index is 719. The number of nitrogens with one attached hydrogen (secondary N) is 1. The molecule has 130 valence electrons. The molecule has 1 amide bonds. The van der Waals surface area contributed by atoms with Gasteiger partial charge in [0.15, 0.2) is 0 Å². The summed E-state index contributed by atoms with van der Waals surface area (Å²) in [6.07, 6.45) is 1.52. The van der Waals surface area contributed by atoms with Gasteiger partial charge in [0.25, 0.3) is 0 Å². The van der Waals surface area contributed by atoms with Crippen LogP contribution in [0.15, 0.2) is 11.4 Å². The van der Waals surface area contributed by atoms with Gasteiger partial charge in [0.05, 0.1) is 33.5 Å². The number of aryl methyl sites for hydroxylation is 1. The Balaban J connectivity index is 1.48. The molecule has 0 saturated carbocycles. The standard InChI is InChI=1S/C15H19ClN4O2S2/c1-10-12-13(24-14(10)16)15(19-9-18-12)23-8-11(21)17-2-3-20-4-6-22-7-5-20/h9H,2-8H2,1H3,(H,17,21). The molecule has 24 heavy (non-hydrogen) atoms. The Morgan fingerprint density at radius 3 is 3.04 bits per heavy atom. The second-order valence-corrected chi connectivity index (χ2v) is 8.04. The molecule has 1 N–H and O–H groups in total. The molecule has 3 heterocycles. The summed E-state index contributed by atoms with van der Waals surface area (Å²) in [5.41, 5.74) is 1.84. The highest BCUT2D eigenvalue weighted by Gasteiger charge is 2.14. The molecule has 0 aromatic carbocycles. The van der Waals surface area contributed by atoms with Crippen LogP contribution < -0.4 is 5.32 Å². The summed E-state index contributed by atoms with van der Waals surface area (Å²) in [7, 11) is 0. The number of fused-ring (bicyclic) bond motifs is 1. The Morgan fingerprint density at radius 1 is 1.46 bits per heavy atom. The molecular weight excluding hydrogens is 368 g/mol. The molecule has 1 saturated heterocycles. The molecular formula is C15H19ClN4O2S2. The monoisotopic (exact) mass is 386 g/mol. The van der Waals surface area contributed by atoms with Crippen molar-refractivity contribution in [2.75, 3.05) is 45.1 Å². The highest BCUT2D eigenvalue weighted by atomic mass is 35.5. The quantitative estimate of drug-likeness (QED) is 0.606. The van der Waals surface area contributed by atoms with Gasteiger partial charge in [-0.1, -0.05) is 23.4 Å². The third kappa shape index (κ3) is 4.37. The predicted octanol–water partition coefficient (Wildman–Crippen LogP) is 2.19. The first-order chi connectivity index (χ1) is 11.6. The lowest BCUT2D eigenvalue weighted by molar-refractivity contribution is -0.118.